The highest BCUT2D eigenvalue weighted by atomic mass is 16.5. The largest absolute Gasteiger partial charge is 0.493 e. The van der Waals surface area contributed by atoms with Crippen molar-refractivity contribution in [2.24, 2.45) is 0 Å². The Kier molecular flexibility index (Phi) is 3.64. The summed E-state index contributed by atoms with van der Waals surface area (Å²) in [7, 11) is 1.61. The van der Waals surface area contributed by atoms with Gasteiger partial charge < -0.3 is 19.9 Å². The molecular formula is C12H17NO3. The predicted octanol–water partition coefficient (Wildman–Crippen LogP) is 0.928. The first-order chi connectivity index (χ1) is 7.83. The van der Waals surface area contributed by atoms with Crippen LogP contribution in [0.4, 0.5) is 0 Å². The molecule has 0 radical (unpaired) electrons. The second-order valence-electron chi connectivity index (χ2n) is 3.88. The van der Waals surface area contributed by atoms with E-state index in [9.17, 15) is 0 Å². The van der Waals surface area contributed by atoms with Crippen molar-refractivity contribution in [1.82, 2.24) is 5.32 Å². The van der Waals surface area contributed by atoms with Gasteiger partial charge in [0.1, 0.15) is 6.10 Å². The van der Waals surface area contributed by atoms with E-state index in [4.69, 9.17) is 14.6 Å². The Balaban J connectivity index is 2.12. The Labute approximate surface area is 95.2 Å². The number of rotatable bonds is 4. The molecule has 0 bridgehead atoms. The molecule has 0 spiro atoms. The van der Waals surface area contributed by atoms with Crippen LogP contribution in [0.3, 0.4) is 0 Å². The molecule has 1 saturated heterocycles. The lowest BCUT2D eigenvalue weighted by Gasteiger charge is -2.15. The monoisotopic (exact) mass is 223 g/mol. The SMILES string of the molecule is COc1cc(CO)ccc1OC1CCNC1. The third kappa shape index (κ3) is 2.46. The number of nitrogens with one attached hydrogen (secondary N) is 1. The van der Waals surface area contributed by atoms with E-state index >= 15 is 0 Å². The summed E-state index contributed by atoms with van der Waals surface area (Å²) in [6, 6.07) is 5.50. The zero-order chi connectivity index (χ0) is 11.4. The van der Waals surface area contributed by atoms with Gasteiger partial charge >= 0.3 is 0 Å². The van der Waals surface area contributed by atoms with E-state index in [0.29, 0.717) is 5.75 Å². The zero-order valence-electron chi connectivity index (χ0n) is 9.40. The van der Waals surface area contributed by atoms with E-state index in [1.54, 1.807) is 13.2 Å². The quantitative estimate of drug-likeness (QED) is 0.797. The molecule has 1 aliphatic rings. The van der Waals surface area contributed by atoms with Crippen molar-refractivity contribution in [3.8, 4) is 11.5 Å². The molecule has 2 rings (SSSR count). The minimum atomic E-state index is 0.0155. The summed E-state index contributed by atoms with van der Waals surface area (Å²) in [5.41, 5.74) is 0.828. The standard InChI is InChI=1S/C12H17NO3/c1-15-12-6-9(8-14)2-3-11(12)16-10-4-5-13-7-10/h2-3,6,10,13-14H,4-5,7-8H2,1H3. The maximum absolute atomic E-state index is 9.03. The number of benzene rings is 1. The second kappa shape index (κ2) is 5.18. The molecule has 1 fully saturated rings. The van der Waals surface area contributed by atoms with Gasteiger partial charge in [-0.05, 0) is 30.7 Å². The van der Waals surface area contributed by atoms with Gasteiger partial charge in [-0.1, -0.05) is 6.07 Å². The molecule has 0 aromatic heterocycles. The highest BCUT2D eigenvalue weighted by molar-refractivity contribution is 5.43. The first kappa shape index (κ1) is 11.2. The van der Waals surface area contributed by atoms with Crippen LogP contribution >= 0.6 is 0 Å². The molecule has 4 nitrogen and oxygen atoms in total. The molecule has 0 saturated carbocycles. The highest BCUT2D eigenvalue weighted by Gasteiger charge is 2.17. The van der Waals surface area contributed by atoms with Crippen LogP contribution in [-0.4, -0.2) is 31.4 Å². The smallest absolute Gasteiger partial charge is 0.161 e. The Morgan fingerprint density at radius 1 is 1.44 bits per heavy atom. The van der Waals surface area contributed by atoms with E-state index in [0.717, 1.165) is 30.8 Å². The molecule has 1 aromatic rings. The van der Waals surface area contributed by atoms with Crippen LogP contribution in [0.15, 0.2) is 18.2 Å². The Bertz CT molecular complexity index is 348. The molecule has 1 aromatic carbocycles. The third-order valence-corrected chi connectivity index (χ3v) is 2.72. The fourth-order valence-electron chi connectivity index (χ4n) is 1.82. The van der Waals surface area contributed by atoms with Crippen molar-refractivity contribution in [3.63, 3.8) is 0 Å². The molecule has 1 unspecified atom stereocenters. The van der Waals surface area contributed by atoms with E-state index in [2.05, 4.69) is 5.32 Å². The lowest BCUT2D eigenvalue weighted by molar-refractivity contribution is 0.212. The summed E-state index contributed by atoms with van der Waals surface area (Å²) in [4.78, 5) is 0. The fourth-order valence-corrected chi connectivity index (χ4v) is 1.82. The first-order valence-corrected chi connectivity index (χ1v) is 5.48. The maximum atomic E-state index is 9.03. The molecule has 1 aliphatic heterocycles. The van der Waals surface area contributed by atoms with Gasteiger partial charge in [-0.3, -0.25) is 0 Å². The number of methoxy groups -OCH3 is 1. The van der Waals surface area contributed by atoms with Crippen molar-refractivity contribution in [3.05, 3.63) is 23.8 Å². The average molecular weight is 223 g/mol. The molecule has 88 valence electrons. The van der Waals surface area contributed by atoms with Gasteiger partial charge in [0.15, 0.2) is 11.5 Å². The highest BCUT2D eigenvalue weighted by Crippen LogP contribution is 2.29. The summed E-state index contributed by atoms with van der Waals surface area (Å²) in [5.74, 6) is 1.42. The van der Waals surface area contributed by atoms with Gasteiger partial charge in [0.05, 0.1) is 13.7 Å². The van der Waals surface area contributed by atoms with Crippen molar-refractivity contribution < 1.29 is 14.6 Å². The van der Waals surface area contributed by atoms with Gasteiger partial charge in [0.25, 0.3) is 0 Å². The normalized spacial score (nSPS) is 19.8. The van der Waals surface area contributed by atoms with Crippen molar-refractivity contribution in [2.45, 2.75) is 19.1 Å². The van der Waals surface area contributed by atoms with Crippen molar-refractivity contribution in [2.75, 3.05) is 20.2 Å². The van der Waals surface area contributed by atoms with Crippen LogP contribution in [-0.2, 0) is 6.61 Å². The minimum absolute atomic E-state index is 0.0155. The van der Waals surface area contributed by atoms with Gasteiger partial charge in [-0.2, -0.15) is 0 Å². The van der Waals surface area contributed by atoms with Crippen LogP contribution in [0.2, 0.25) is 0 Å². The third-order valence-electron chi connectivity index (χ3n) is 2.72. The first-order valence-electron chi connectivity index (χ1n) is 5.48. The molecule has 16 heavy (non-hydrogen) atoms. The van der Waals surface area contributed by atoms with Gasteiger partial charge in [0, 0.05) is 6.54 Å². The van der Waals surface area contributed by atoms with E-state index in [-0.39, 0.29) is 12.7 Å². The summed E-state index contributed by atoms with van der Waals surface area (Å²) in [6.07, 6.45) is 1.24. The number of aliphatic hydroxyl groups excluding tert-OH is 1. The minimum Gasteiger partial charge on any atom is -0.493 e. The van der Waals surface area contributed by atoms with Crippen LogP contribution in [0.1, 0.15) is 12.0 Å². The summed E-state index contributed by atoms with van der Waals surface area (Å²) in [5, 5.41) is 12.3. The van der Waals surface area contributed by atoms with Gasteiger partial charge in [-0.25, -0.2) is 0 Å². The Morgan fingerprint density at radius 3 is 2.94 bits per heavy atom. The Morgan fingerprint density at radius 2 is 2.31 bits per heavy atom. The summed E-state index contributed by atoms with van der Waals surface area (Å²) >= 11 is 0. The topological polar surface area (TPSA) is 50.7 Å². The molecule has 4 heteroatoms. The van der Waals surface area contributed by atoms with Crippen LogP contribution in [0, 0.1) is 0 Å². The summed E-state index contributed by atoms with van der Waals surface area (Å²) in [6.45, 7) is 1.90. The zero-order valence-corrected chi connectivity index (χ0v) is 9.40. The molecule has 1 heterocycles. The Hall–Kier alpha value is -1.26. The lowest BCUT2D eigenvalue weighted by atomic mass is 10.2. The van der Waals surface area contributed by atoms with Gasteiger partial charge in [0.2, 0.25) is 0 Å². The van der Waals surface area contributed by atoms with E-state index in [1.807, 2.05) is 12.1 Å². The molecule has 2 N–H and O–H groups in total. The lowest BCUT2D eigenvalue weighted by Crippen LogP contribution is -2.19. The number of hydrogen-bond donors (Lipinski definition) is 2. The van der Waals surface area contributed by atoms with Gasteiger partial charge in [-0.15, -0.1) is 0 Å². The number of ether oxygens (including phenoxy) is 2. The maximum Gasteiger partial charge on any atom is 0.161 e. The van der Waals surface area contributed by atoms with E-state index < -0.39 is 0 Å². The van der Waals surface area contributed by atoms with Crippen LogP contribution in [0.5, 0.6) is 11.5 Å². The molecule has 1 atom stereocenters. The average Bonchev–Trinajstić information content (AvgIpc) is 2.82. The van der Waals surface area contributed by atoms with Crippen molar-refractivity contribution in [1.29, 1.82) is 0 Å². The van der Waals surface area contributed by atoms with E-state index in [1.165, 1.54) is 0 Å². The van der Waals surface area contributed by atoms with Crippen molar-refractivity contribution >= 4 is 0 Å². The number of aliphatic hydroxyl groups is 1. The van der Waals surface area contributed by atoms with Crippen LogP contribution in [0.25, 0.3) is 0 Å². The molecular weight excluding hydrogens is 206 g/mol. The predicted molar refractivity (Wildman–Crippen MR) is 60.8 cm³/mol. The molecule has 0 aliphatic carbocycles. The molecule has 0 amide bonds. The van der Waals surface area contributed by atoms with Crippen LogP contribution < -0.4 is 14.8 Å². The summed E-state index contributed by atoms with van der Waals surface area (Å²) < 4.78 is 11.1. The number of hydrogen-bond acceptors (Lipinski definition) is 4. The second-order valence-corrected chi connectivity index (χ2v) is 3.88. The fraction of sp³-hybridized carbons (Fsp3) is 0.500.